The van der Waals surface area contributed by atoms with Crippen molar-refractivity contribution in [2.45, 2.75) is 90.6 Å². The fourth-order valence-electron chi connectivity index (χ4n) is 5.89. The number of carbonyl (C=O) groups is 4. The first-order valence-electron chi connectivity index (χ1n) is 16.6. The van der Waals surface area contributed by atoms with E-state index in [2.05, 4.69) is 16.1 Å². The lowest BCUT2D eigenvalue weighted by atomic mass is 9.96. The van der Waals surface area contributed by atoms with Crippen molar-refractivity contribution in [1.29, 1.82) is 0 Å². The van der Waals surface area contributed by atoms with Crippen molar-refractivity contribution in [3.05, 3.63) is 71.3 Å². The van der Waals surface area contributed by atoms with Crippen molar-refractivity contribution in [2.75, 3.05) is 13.2 Å². The van der Waals surface area contributed by atoms with E-state index < -0.39 is 41.8 Å². The molecule has 0 unspecified atom stereocenters. The molecule has 2 aromatic rings. The molecule has 4 N–H and O–H groups in total. The molecule has 0 aliphatic carbocycles. The predicted molar refractivity (Wildman–Crippen MR) is 177 cm³/mol. The van der Waals surface area contributed by atoms with Gasteiger partial charge in [0.2, 0.25) is 11.8 Å². The number of rotatable bonds is 5. The molecular weight excluding hydrogens is 600 g/mol. The number of cyclic esters (lactones) is 1. The van der Waals surface area contributed by atoms with E-state index in [1.807, 2.05) is 57.2 Å². The van der Waals surface area contributed by atoms with E-state index in [0.29, 0.717) is 44.4 Å². The number of amides is 3. The standard InChI is InChI=1S/C36H48N4O7/c1-5-46-31-17-7-6-11-25-12-8-14-27(19-25)22-47-36(45)29-16-10-18-40(39-29)35(44)30(21-26-13-9-15-28(41)20-26)37-34(43)32(23(2)3)38-33(42)24(31)4/h6,8-9,11-15,19-20,23-24,29-32,39,41H,5,7,10,16-18,21-22H2,1-4H3,(H,37,43)(H,38,42)/t24-,29+,30+,31-,32+/m1/s1. The number of aromatic hydroxyl groups is 1. The summed E-state index contributed by atoms with van der Waals surface area (Å²) in [4.78, 5) is 54.4. The number of esters is 1. The maximum Gasteiger partial charge on any atom is 0.325 e. The SMILES string of the molecule is CCO[C@@H]1CCC=Cc2cccc(c2)COC(=O)[C@@H]2CCCN(N2)C(=O)[C@H](Cc2cccc(O)c2)NC(=O)[C@H](C(C)C)NC(=O)[C@@H]1C. The Kier molecular flexibility index (Phi) is 12.9. The van der Waals surface area contributed by atoms with Crippen molar-refractivity contribution in [3.63, 3.8) is 0 Å². The zero-order valence-corrected chi connectivity index (χ0v) is 27.7. The summed E-state index contributed by atoms with van der Waals surface area (Å²) in [5.74, 6) is -2.53. The highest BCUT2D eigenvalue weighted by molar-refractivity contribution is 5.93. The highest BCUT2D eigenvalue weighted by Gasteiger charge is 2.36. The van der Waals surface area contributed by atoms with Gasteiger partial charge in [0.15, 0.2) is 0 Å². The first-order valence-corrected chi connectivity index (χ1v) is 16.6. The first-order chi connectivity index (χ1) is 22.5. The van der Waals surface area contributed by atoms with Crippen molar-refractivity contribution in [1.82, 2.24) is 21.1 Å². The van der Waals surface area contributed by atoms with Crippen LogP contribution in [0.25, 0.3) is 6.08 Å². The van der Waals surface area contributed by atoms with Gasteiger partial charge in [-0.3, -0.25) is 24.2 Å². The molecule has 3 amide bonds. The number of ether oxygens (including phenoxy) is 2. The number of carbonyl (C=O) groups excluding carboxylic acids is 4. The van der Waals surface area contributed by atoms with Gasteiger partial charge in [-0.05, 0) is 73.4 Å². The second kappa shape index (κ2) is 17.1. The van der Waals surface area contributed by atoms with E-state index in [0.717, 1.165) is 11.1 Å². The van der Waals surface area contributed by atoms with Crippen LogP contribution in [0.15, 0.2) is 54.6 Å². The Hall–Kier alpha value is -4.22. The van der Waals surface area contributed by atoms with Crippen molar-refractivity contribution in [3.8, 4) is 5.75 Å². The Balaban J connectivity index is 1.65. The molecule has 0 radical (unpaired) electrons. The van der Waals surface area contributed by atoms with Crippen LogP contribution in [-0.2, 0) is 41.7 Å². The molecular formula is C36H48N4O7. The smallest absolute Gasteiger partial charge is 0.325 e. The maximum atomic E-state index is 14.0. The lowest BCUT2D eigenvalue weighted by Gasteiger charge is -2.35. The molecule has 47 heavy (non-hydrogen) atoms. The number of hydrogen-bond donors (Lipinski definition) is 4. The second-order valence-electron chi connectivity index (χ2n) is 12.6. The summed E-state index contributed by atoms with van der Waals surface area (Å²) in [5, 5.41) is 17.2. The number of nitrogens with zero attached hydrogens (tertiary/aromatic N) is 1. The number of hydrogen-bond acceptors (Lipinski definition) is 8. The fourth-order valence-corrected chi connectivity index (χ4v) is 5.89. The van der Waals surface area contributed by atoms with Crippen LogP contribution in [-0.4, -0.2) is 71.2 Å². The van der Waals surface area contributed by atoms with Gasteiger partial charge >= 0.3 is 5.97 Å². The summed E-state index contributed by atoms with van der Waals surface area (Å²) in [7, 11) is 0. The lowest BCUT2D eigenvalue weighted by Crippen LogP contribution is -2.62. The highest BCUT2D eigenvalue weighted by atomic mass is 16.5. The molecule has 2 aromatic carbocycles. The number of nitrogens with one attached hydrogen (secondary N) is 3. The molecule has 1 fully saturated rings. The van der Waals surface area contributed by atoms with E-state index >= 15 is 0 Å². The van der Waals surface area contributed by atoms with E-state index in [4.69, 9.17) is 9.47 Å². The Morgan fingerprint density at radius 3 is 2.55 bits per heavy atom. The highest BCUT2D eigenvalue weighted by Crippen LogP contribution is 2.19. The van der Waals surface area contributed by atoms with Gasteiger partial charge in [-0.25, -0.2) is 5.43 Å². The third-order valence-corrected chi connectivity index (χ3v) is 8.56. The van der Waals surface area contributed by atoms with Gasteiger partial charge in [0.05, 0.1) is 12.0 Å². The normalized spacial score (nSPS) is 25.3. The quantitative estimate of drug-likeness (QED) is 0.360. The van der Waals surface area contributed by atoms with Crippen LogP contribution in [0, 0.1) is 11.8 Å². The van der Waals surface area contributed by atoms with Crippen LogP contribution in [0.5, 0.6) is 5.75 Å². The van der Waals surface area contributed by atoms with Crippen molar-refractivity contribution >= 4 is 29.8 Å². The molecule has 2 aliphatic heterocycles. The van der Waals surface area contributed by atoms with E-state index in [1.54, 1.807) is 19.1 Å². The van der Waals surface area contributed by atoms with Crippen LogP contribution >= 0.6 is 0 Å². The van der Waals surface area contributed by atoms with E-state index in [-0.39, 0.29) is 36.7 Å². The molecule has 2 heterocycles. The first kappa shape index (κ1) is 35.6. The van der Waals surface area contributed by atoms with Gasteiger partial charge in [0.25, 0.3) is 5.91 Å². The lowest BCUT2D eigenvalue weighted by molar-refractivity contribution is -0.154. The third-order valence-electron chi connectivity index (χ3n) is 8.56. The third kappa shape index (κ3) is 10.1. The molecule has 254 valence electrons. The molecule has 5 atom stereocenters. The van der Waals surface area contributed by atoms with Crippen molar-refractivity contribution < 1.29 is 33.8 Å². The number of allylic oxidation sites excluding steroid dienone is 1. The molecule has 4 bridgehead atoms. The van der Waals surface area contributed by atoms with E-state index in [9.17, 15) is 24.3 Å². The fraction of sp³-hybridized carbons (Fsp3) is 0.500. The molecule has 4 rings (SSSR count). The number of phenols is 1. The molecule has 11 heteroatoms. The van der Waals surface area contributed by atoms with Gasteiger partial charge in [-0.15, -0.1) is 0 Å². The summed E-state index contributed by atoms with van der Waals surface area (Å²) in [6.45, 7) is 8.17. The maximum absolute atomic E-state index is 14.0. The molecule has 2 aliphatic rings. The largest absolute Gasteiger partial charge is 0.508 e. The minimum atomic E-state index is -1.05. The number of benzene rings is 2. The average molecular weight is 649 g/mol. The Labute approximate surface area is 277 Å². The van der Waals surface area contributed by atoms with Crippen LogP contribution in [0.2, 0.25) is 0 Å². The summed E-state index contributed by atoms with van der Waals surface area (Å²) in [6, 6.07) is 11.5. The van der Waals surface area contributed by atoms with Crippen molar-refractivity contribution in [2.24, 2.45) is 11.8 Å². The molecule has 1 saturated heterocycles. The van der Waals surface area contributed by atoms with Gasteiger partial charge in [0, 0.05) is 19.6 Å². The Bertz CT molecular complexity index is 1430. The minimum absolute atomic E-state index is 0.0322. The molecule has 11 nitrogen and oxygen atoms in total. The topological polar surface area (TPSA) is 146 Å². The summed E-state index contributed by atoms with van der Waals surface area (Å²) in [5.41, 5.74) is 5.43. The summed E-state index contributed by atoms with van der Waals surface area (Å²) >= 11 is 0. The van der Waals surface area contributed by atoms with E-state index in [1.165, 1.54) is 17.1 Å². The van der Waals surface area contributed by atoms with Crippen LogP contribution in [0.4, 0.5) is 0 Å². The average Bonchev–Trinajstić information content (AvgIpc) is 3.06. The molecule has 0 aromatic heterocycles. The van der Waals surface area contributed by atoms with Crippen LogP contribution < -0.4 is 16.1 Å². The van der Waals surface area contributed by atoms with Crippen LogP contribution in [0.1, 0.15) is 70.1 Å². The zero-order chi connectivity index (χ0) is 33.9. The molecule has 0 saturated carbocycles. The van der Waals surface area contributed by atoms with Gasteiger partial charge in [-0.1, -0.05) is 63.3 Å². The number of fused-ring (bicyclic) bond motifs is 4. The van der Waals surface area contributed by atoms with Gasteiger partial charge < -0.3 is 25.2 Å². The number of phenolic OH excluding ortho intramolecular Hbond substituents is 1. The molecule has 0 spiro atoms. The minimum Gasteiger partial charge on any atom is -0.508 e. The van der Waals surface area contributed by atoms with Gasteiger partial charge in [-0.2, -0.15) is 0 Å². The summed E-state index contributed by atoms with van der Waals surface area (Å²) in [6.07, 6.45) is 6.02. The Morgan fingerprint density at radius 1 is 1.02 bits per heavy atom. The van der Waals surface area contributed by atoms with Crippen LogP contribution in [0.3, 0.4) is 0 Å². The number of hydrazine groups is 1. The van der Waals surface area contributed by atoms with Gasteiger partial charge in [0.1, 0.15) is 30.5 Å². The second-order valence-corrected chi connectivity index (χ2v) is 12.6. The monoisotopic (exact) mass is 648 g/mol. The Morgan fingerprint density at radius 2 is 1.81 bits per heavy atom. The predicted octanol–water partition coefficient (Wildman–Crippen LogP) is 3.65. The zero-order valence-electron chi connectivity index (χ0n) is 27.7. The summed E-state index contributed by atoms with van der Waals surface area (Å²) < 4.78 is 11.6.